The van der Waals surface area contributed by atoms with Crippen LogP contribution in [0.5, 0.6) is 0 Å². The maximum Gasteiger partial charge on any atom is 0.244 e. The highest BCUT2D eigenvalue weighted by atomic mass is 35.5. The Morgan fingerprint density at radius 2 is 2.05 bits per heavy atom. The van der Waals surface area contributed by atoms with Crippen LogP contribution in [0.3, 0.4) is 0 Å². The van der Waals surface area contributed by atoms with Crippen LogP contribution in [0.2, 0.25) is 5.02 Å². The van der Waals surface area contributed by atoms with Crippen LogP contribution in [-0.4, -0.2) is 53.6 Å². The zero-order valence-electron chi connectivity index (χ0n) is 12.9. The lowest BCUT2D eigenvalue weighted by Gasteiger charge is -2.23. The first-order valence-corrected chi connectivity index (χ1v) is 7.36. The molecule has 2 atom stereocenters. The fraction of sp³-hybridized carbons (Fsp3) is 0.467. The summed E-state index contributed by atoms with van der Waals surface area (Å²) in [6.07, 6.45) is -0.559. The van der Waals surface area contributed by atoms with Crippen LogP contribution in [0.15, 0.2) is 28.8 Å². The first-order valence-electron chi connectivity index (χ1n) is 6.98. The Morgan fingerprint density at radius 3 is 2.68 bits per heavy atom. The number of ether oxygens (including phenoxy) is 1. The summed E-state index contributed by atoms with van der Waals surface area (Å²) in [5.74, 6) is 1.02. The molecule has 0 spiro atoms. The number of nitrogens with zero attached hydrogens (tertiary/aromatic N) is 3. The minimum atomic E-state index is -0.559. The number of halogens is 1. The third kappa shape index (κ3) is 4.27. The molecule has 2 rings (SSSR count). The number of aliphatic hydroxyl groups is 1. The van der Waals surface area contributed by atoms with E-state index in [-0.39, 0.29) is 12.6 Å². The normalized spacial score (nSPS) is 14.3. The quantitative estimate of drug-likeness (QED) is 0.842. The highest BCUT2D eigenvalue weighted by Crippen LogP contribution is 2.22. The maximum atomic E-state index is 9.78. The molecule has 120 valence electrons. The van der Waals surface area contributed by atoms with Crippen LogP contribution in [-0.2, 0) is 4.74 Å². The molecule has 2 unspecified atom stereocenters. The summed E-state index contributed by atoms with van der Waals surface area (Å²) >= 11 is 5.87. The number of methoxy groups -OCH3 is 1. The van der Waals surface area contributed by atoms with Crippen molar-refractivity contribution in [1.29, 1.82) is 0 Å². The molecule has 0 aliphatic rings. The molecule has 0 bridgehead atoms. The molecule has 0 amide bonds. The van der Waals surface area contributed by atoms with Gasteiger partial charge in [0.2, 0.25) is 11.7 Å². The number of aliphatic hydroxyl groups excluding tert-OH is 1. The van der Waals surface area contributed by atoms with Crippen molar-refractivity contribution in [2.24, 2.45) is 0 Å². The van der Waals surface area contributed by atoms with Crippen LogP contribution in [0.25, 0.3) is 11.4 Å². The van der Waals surface area contributed by atoms with E-state index in [1.165, 1.54) is 0 Å². The van der Waals surface area contributed by atoms with Gasteiger partial charge in [-0.25, -0.2) is 0 Å². The van der Waals surface area contributed by atoms with Gasteiger partial charge in [0, 0.05) is 24.2 Å². The van der Waals surface area contributed by atoms with Crippen LogP contribution in [0, 0.1) is 0 Å². The van der Waals surface area contributed by atoms with E-state index in [4.69, 9.17) is 20.9 Å². The molecule has 6 nitrogen and oxygen atoms in total. The molecule has 1 aromatic carbocycles. The summed E-state index contributed by atoms with van der Waals surface area (Å²) in [6, 6.07) is 7.13. The predicted octanol–water partition coefficient (Wildman–Crippen LogP) is 2.39. The Bertz CT molecular complexity index is 588. The van der Waals surface area contributed by atoms with E-state index in [1.807, 2.05) is 31.0 Å². The summed E-state index contributed by atoms with van der Waals surface area (Å²) in [4.78, 5) is 6.34. The lowest BCUT2D eigenvalue weighted by molar-refractivity contribution is 0.0325. The van der Waals surface area contributed by atoms with Gasteiger partial charge in [0.25, 0.3) is 0 Å². The molecular weight excluding hydrogens is 306 g/mol. The fourth-order valence-corrected chi connectivity index (χ4v) is 2.17. The second-order valence-electron chi connectivity index (χ2n) is 5.19. The molecule has 22 heavy (non-hydrogen) atoms. The third-order valence-electron chi connectivity index (χ3n) is 3.42. The molecule has 0 radical (unpaired) electrons. The van der Waals surface area contributed by atoms with Crippen molar-refractivity contribution in [3.8, 4) is 11.4 Å². The van der Waals surface area contributed by atoms with Crippen molar-refractivity contribution in [2.45, 2.75) is 19.1 Å². The topological polar surface area (TPSA) is 71.6 Å². The smallest absolute Gasteiger partial charge is 0.244 e. The van der Waals surface area contributed by atoms with Gasteiger partial charge in [0.05, 0.1) is 18.8 Å². The third-order valence-corrected chi connectivity index (χ3v) is 3.67. The van der Waals surface area contributed by atoms with Crippen molar-refractivity contribution in [1.82, 2.24) is 15.0 Å². The van der Waals surface area contributed by atoms with Gasteiger partial charge in [-0.1, -0.05) is 16.8 Å². The van der Waals surface area contributed by atoms with Gasteiger partial charge in [-0.3, -0.25) is 4.90 Å². The zero-order valence-corrected chi connectivity index (χ0v) is 13.6. The lowest BCUT2D eigenvalue weighted by Crippen LogP contribution is -2.33. The van der Waals surface area contributed by atoms with Gasteiger partial charge < -0.3 is 14.4 Å². The highest BCUT2D eigenvalue weighted by Gasteiger charge is 2.21. The van der Waals surface area contributed by atoms with Crippen LogP contribution < -0.4 is 0 Å². The van der Waals surface area contributed by atoms with E-state index in [9.17, 15) is 5.11 Å². The zero-order chi connectivity index (χ0) is 16.1. The van der Waals surface area contributed by atoms with Gasteiger partial charge >= 0.3 is 0 Å². The second-order valence-corrected chi connectivity index (χ2v) is 5.62. The average molecular weight is 326 g/mol. The number of aromatic nitrogens is 2. The summed E-state index contributed by atoms with van der Waals surface area (Å²) < 4.78 is 10.2. The molecule has 1 heterocycles. The standard InChI is InChI=1S/C15H20ClN3O3/c1-10(19(2)8-13(20)9-21-3)15-17-14(18-22-15)11-4-6-12(16)7-5-11/h4-7,10,13,20H,8-9H2,1-3H3. The van der Waals surface area contributed by atoms with Crippen molar-refractivity contribution in [3.05, 3.63) is 35.2 Å². The van der Waals surface area contributed by atoms with E-state index < -0.39 is 6.10 Å². The monoisotopic (exact) mass is 325 g/mol. The molecule has 1 N–H and O–H groups in total. The van der Waals surface area contributed by atoms with Gasteiger partial charge in [-0.05, 0) is 38.2 Å². The fourth-order valence-electron chi connectivity index (χ4n) is 2.05. The Labute approximate surface area is 134 Å². The van der Waals surface area contributed by atoms with E-state index in [0.717, 1.165) is 5.56 Å². The van der Waals surface area contributed by atoms with Gasteiger partial charge in [-0.15, -0.1) is 0 Å². The molecule has 0 fully saturated rings. The molecule has 7 heteroatoms. The molecule has 0 saturated carbocycles. The van der Waals surface area contributed by atoms with Gasteiger partial charge in [0.1, 0.15) is 0 Å². The number of rotatable bonds is 7. The second kappa shape index (κ2) is 7.69. The minimum Gasteiger partial charge on any atom is -0.389 e. The number of hydrogen-bond donors (Lipinski definition) is 1. The number of likely N-dealkylation sites (N-methyl/N-ethyl adjacent to an activating group) is 1. The summed E-state index contributed by atoms with van der Waals surface area (Å²) in [5.41, 5.74) is 0.841. The molecule has 0 aliphatic carbocycles. The van der Waals surface area contributed by atoms with Crippen LogP contribution >= 0.6 is 11.6 Å². The number of benzene rings is 1. The lowest BCUT2D eigenvalue weighted by atomic mass is 10.2. The van der Waals surface area contributed by atoms with Crippen LogP contribution in [0.4, 0.5) is 0 Å². The molecular formula is C15H20ClN3O3. The van der Waals surface area contributed by atoms with Gasteiger partial charge in [0.15, 0.2) is 0 Å². The Hall–Kier alpha value is -1.47. The predicted molar refractivity (Wildman–Crippen MR) is 83.7 cm³/mol. The summed E-state index contributed by atoms with van der Waals surface area (Å²) in [7, 11) is 3.44. The van der Waals surface area contributed by atoms with E-state index in [0.29, 0.717) is 23.3 Å². The minimum absolute atomic E-state index is 0.111. The van der Waals surface area contributed by atoms with E-state index >= 15 is 0 Å². The molecule has 0 saturated heterocycles. The SMILES string of the molecule is COCC(O)CN(C)C(C)c1nc(-c2ccc(Cl)cc2)no1. The summed E-state index contributed by atoms with van der Waals surface area (Å²) in [6.45, 7) is 2.68. The Kier molecular flexibility index (Phi) is 5.90. The van der Waals surface area contributed by atoms with Crippen LogP contribution in [0.1, 0.15) is 18.9 Å². The largest absolute Gasteiger partial charge is 0.389 e. The van der Waals surface area contributed by atoms with E-state index in [2.05, 4.69) is 10.1 Å². The molecule has 1 aromatic heterocycles. The summed E-state index contributed by atoms with van der Waals surface area (Å²) in [5, 5.41) is 14.4. The maximum absolute atomic E-state index is 9.78. The van der Waals surface area contributed by atoms with Crippen molar-refractivity contribution in [3.63, 3.8) is 0 Å². The highest BCUT2D eigenvalue weighted by molar-refractivity contribution is 6.30. The van der Waals surface area contributed by atoms with E-state index in [1.54, 1.807) is 19.2 Å². The molecule has 2 aromatic rings. The molecule has 0 aliphatic heterocycles. The average Bonchev–Trinajstić information content (AvgIpc) is 2.97. The first-order chi connectivity index (χ1) is 10.5. The Morgan fingerprint density at radius 1 is 1.36 bits per heavy atom. The van der Waals surface area contributed by atoms with Crippen molar-refractivity contribution >= 4 is 11.6 Å². The van der Waals surface area contributed by atoms with Gasteiger partial charge in [-0.2, -0.15) is 4.98 Å². The van der Waals surface area contributed by atoms with Crippen molar-refractivity contribution < 1.29 is 14.4 Å². The number of hydrogen-bond acceptors (Lipinski definition) is 6. The Balaban J connectivity index is 2.05. The van der Waals surface area contributed by atoms with Crippen molar-refractivity contribution in [2.75, 3.05) is 27.3 Å². The first kappa shape index (κ1) is 16.9.